The molecule has 0 spiro atoms. The van der Waals surface area contributed by atoms with E-state index >= 15 is 0 Å². The number of nitrogens with zero attached hydrogens (tertiary/aromatic N) is 2. The van der Waals surface area contributed by atoms with Gasteiger partial charge in [-0.2, -0.15) is 0 Å². The van der Waals surface area contributed by atoms with Crippen LogP contribution in [0.5, 0.6) is 0 Å². The van der Waals surface area contributed by atoms with Crippen LogP contribution in [0, 0.1) is 0 Å². The summed E-state index contributed by atoms with van der Waals surface area (Å²) in [7, 11) is 0. The van der Waals surface area contributed by atoms with Crippen molar-refractivity contribution in [1.29, 1.82) is 0 Å². The second-order valence-electron chi connectivity index (χ2n) is 7.78. The van der Waals surface area contributed by atoms with E-state index in [-0.39, 0.29) is 11.9 Å². The normalized spacial score (nSPS) is 27.5. The van der Waals surface area contributed by atoms with Crippen LogP contribution in [-0.2, 0) is 16.1 Å². The Balaban J connectivity index is 1.38. The Kier molecular flexibility index (Phi) is 7.06. The van der Waals surface area contributed by atoms with Gasteiger partial charge in [0, 0.05) is 32.7 Å². The van der Waals surface area contributed by atoms with E-state index in [1.807, 2.05) is 6.07 Å². The monoisotopic (exact) mass is 359 g/mol. The molecule has 1 N–H and O–H groups in total. The maximum absolute atomic E-state index is 12.6. The number of hydrogen-bond acceptors (Lipinski definition) is 4. The summed E-state index contributed by atoms with van der Waals surface area (Å²) in [5, 5.41) is 3.16. The van der Waals surface area contributed by atoms with Crippen molar-refractivity contribution < 1.29 is 9.53 Å². The van der Waals surface area contributed by atoms with E-state index in [0.29, 0.717) is 12.2 Å². The number of likely N-dealkylation sites (tertiary alicyclic amines) is 1. The summed E-state index contributed by atoms with van der Waals surface area (Å²) < 4.78 is 5.77. The molecule has 2 heterocycles. The van der Waals surface area contributed by atoms with Crippen LogP contribution in [0.4, 0.5) is 0 Å². The third kappa shape index (κ3) is 5.53. The second kappa shape index (κ2) is 9.49. The Bertz CT molecular complexity index is 556. The lowest BCUT2D eigenvalue weighted by Gasteiger charge is -2.35. The first-order valence-electron chi connectivity index (χ1n) is 10.1. The number of ether oxygens (including phenoxy) is 1. The van der Waals surface area contributed by atoms with Gasteiger partial charge >= 0.3 is 0 Å². The third-order valence-electron chi connectivity index (χ3n) is 5.34. The molecule has 0 saturated carbocycles. The Labute approximate surface area is 157 Å². The van der Waals surface area contributed by atoms with Crippen molar-refractivity contribution in [3.8, 4) is 0 Å². The first kappa shape index (κ1) is 19.3. The van der Waals surface area contributed by atoms with Crippen molar-refractivity contribution in [3.05, 3.63) is 35.9 Å². The summed E-state index contributed by atoms with van der Waals surface area (Å²) in [6.45, 7) is 9.90. The number of rotatable bonds is 7. The highest BCUT2D eigenvalue weighted by Gasteiger charge is 2.30. The Morgan fingerprint density at radius 1 is 1.19 bits per heavy atom. The van der Waals surface area contributed by atoms with Crippen molar-refractivity contribution in [1.82, 2.24) is 15.1 Å². The first-order valence-corrected chi connectivity index (χ1v) is 10.1. The average Bonchev–Trinajstić information content (AvgIpc) is 3.07. The molecule has 3 atom stereocenters. The first-order chi connectivity index (χ1) is 12.6. The van der Waals surface area contributed by atoms with Gasteiger partial charge < -0.3 is 10.1 Å². The molecule has 3 rings (SSSR count). The van der Waals surface area contributed by atoms with Crippen LogP contribution in [0.3, 0.4) is 0 Å². The van der Waals surface area contributed by atoms with E-state index < -0.39 is 0 Å². The second-order valence-corrected chi connectivity index (χ2v) is 7.78. The molecule has 0 bridgehead atoms. The van der Waals surface area contributed by atoms with Gasteiger partial charge in [0.05, 0.1) is 18.2 Å². The molecular formula is C21H33N3O2. The smallest absolute Gasteiger partial charge is 0.237 e. The molecule has 144 valence electrons. The number of amides is 1. The highest BCUT2D eigenvalue weighted by molar-refractivity contribution is 5.82. The minimum absolute atomic E-state index is 0.0265. The Morgan fingerprint density at radius 2 is 1.92 bits per heavy atom. The van der Waals surface area contributed by atoms with Crippen molar-refractivity contribution in [2.75, 3.05) is 32.7 Å². The molecule has 1 aromatic rings. The van der Waals surface area contributed by atoms with E-state index in [1.54, 1.807) is 0 Å². The van der Waals surface area contributed by atoms with Gasteiger partial charge in [0.1, 0.15) is 0 Å². The third-order valence-corrected chi connectivity index (χ3v) is 5.34. The topological polar surface area (TPSA) is 44.8 Å². The Morgan fingerprint density at radius 3 is 2.65 bits per heavy atom. The zero-order chi connectivity index (χ0) is 18.4. The minimum Gasteiger partial charge on any atom is -0.373 e. The van der Waals surface area contributed by atoms with Crippen LogP contribution in [-0.4, -0.2) is 66.7 Å². The lowest BCUT2D eigenvalue weighted by molar-refractivity contribution is -0.125. The van der Waals surface area contributed by atoms with Crippen LogP contribution in [0.2, 0.25) is 0 Å². The van der Waals surface area contributed by atoms with Gasteiger partial charge in [-0.1, -0.05) is 30.3 Å². The minimum atomic E-state index is 0.0265. The van der Waals surface area contributed by atoms with Crippen LogP contribution in [0.1, 0.15) is 38.7 Å². The maximum Gasteiger partial charge on any atom is 0.237 e. The van der Waals surface area contributed by atoms with Crippen LogP contribution < -0.4 is 5.32 Å². The predicted octanol–water partition coefficient (Wildman–Crippen LogP) is 2.27. The van der Waals surface area contributed by atoms with Gasteiger partial charge in [-0.05, 0) is 45.2 Å². The fourth-order valence-corrected chi connectivity index (χ4v) is 4.23. The lowest BCUT2D eigenvalue weighted by atomic mass is 10.1. The van der Waals surface area contributed by atoms with Gasteiger partial charge in [0.25, 0.3) is 0 Å². The fraction of sp³-hybridized carbons (Fsp3) is 0.667. The highest BCUT2D eigenvalue weighted by Crippen LogP contribution is 2.20. The van der Waals surface area contributed by atoms with E-state index in [9.17, 15) is 4.79 Å². The molecule has 26 heavy (non-hydrogen) atoms. The molecule has 2 aliphatic rings. The summed E-state index contributed by atoms with van der Waals surface area (Å²) in [5.41, 5.74) is 1.28. The van der Waals surface area contributed by atoms with Gasteiger partial charge in [0.2, 0.25) is 5.91 Å². The molecule has 1 amide bonds. The summed E-state index contributed by atoms with van der Waals surface area (Å²) in [5.74, 6) is 0.196. The molecular weight excluding hydrogens is 326 g/mol. The average molecular weight is 360 g/mol. The lowest BCUT2D eigenvalue weighted by Crippen LogP contribution is -2.47. The van der Waals surface area contributed by atoms with E-state index in [2.05, 4.69) is 53.2 Å². The molecule has 1 aromatic carbocycles. The number of nitrogens with one attached hydrogen (secondary N) is 1. The van der Waals surface area contributed by atoms with E-state index in [4.69, 9.17) is 4.74 Å². The molecule has 2 aliphatic heterocycles. The largest absolute Gasteiger partial charge is 0.373 e. The number of hydrogen-bond donors (Lipinski definition) is 1. The van der Waals surface area contributed by atoms with Crippen LogP contribution in [0.15, 0.2) is 30.3 Å². The predicted molar refractivity (Wildman–Crippen MR) is 104 cm³/mol. The van der Waals surface area contributed by atoms with Crippen molar-refractivity contribution >= 4 is 5.91 Å². The zero-order valence-electron chi connectivity index (χ0n) is 16.2. The SMILES string of the molecule is CC1CN(CCCNC(=O)C2CCCN2Cc2ccccc2)CC(C)O1. The fourth-order valence-electron chi connectivity index (χ4n) is 4.23. The van der Waals surface area contributed by atoms with Crippen LogP contribution >= 0.6 is 0 Å². The van der Waals surface area contributed by atoms with Gasteiger partial charge in [-0.25, -0.2) is 0 Å². The molecule has 3 unspecified atom stereocenters. The van der Waals surface area contributed by atoms with Crippen molar-refractivity contribution in [3.63, 3.8) is 0 Å². The molecule has 0 aromatic heterocycles. The van der Waals surface area contributed by atoms with Gasteiger partial charge in [-0.3, -0.25) is 14.6 Å². The van der Waals surface area contributed by atoms with Crippen molar-refractivity contribution in [2.45, 2.75) is 57.9 Å². The number of benzene rings is 1. The number of morpholine rings is 1. The van der Waals surface area contributed by atoms with Crippen LogP contribution in [0.25, 0.3) is 0 Å². The summed E-state index contributed by atoms with van der Waals surface area (Å²) in [6.07, 6.45) is 3.68. The number of carbonyl (C=O) groups is 1. The van der Waals surface area contributed by atoms with Gasteiger partial charge in [-0.15, -0.1) is 0 Å². The number of carbonyl (C=O) groups excluding carboxylic acids is 1. The molecule has 2 fully saturated rings. The summed E-state index contributed by atoms with van der Waals surface area (Å²) >= 11 is 0. The molecule has 0 aliphatic carbocycles. The highest BCUT2D eigenvalue weighted by atomic mass is 16.5. The standard InChI is InChI=1S/C21H33N3O2/c1-17-14-23(15-18(2)26-17)12-7-11-22-21(25)20-10-6-13-24(20)16-19-8-4-3-5-9-19/h3-5,8-9,17-18,20H,6-7,10-16H2,1-2H3,(H,22,25). The summed E-state index contributed by atoms with van der Waals surface area (Å²) in [4.78, 5) is 17.4. The van der Waals surface area contributed by atoms with Gasteiger partial charge in [0.15, 0.2) is 0 Å². The molecule has 2 saturated heterocycles. The van der Waals surface area contributed by atoms with Crippen molar-refractivity contribution in [2.24, 2.45) is 0 Å². The van der Waals surface area contributed by atoms with E-state index in [1.165, 1.54) is 5.56 Å². The Hall–Kier alpha value is -1.43. The summed E-state index contributed by atoms with van der Waals surface area (Å²) in [6, 6.07) is 10.5. The zero-order valence-corrected chi connectivity index (χ0v) is 16.2. The molecule has 5 heteroatoms. The molecule has 0 radical (unpaired) electrons. The van der Waals surface area contributed by atoms with E-state index in [0.717, 1.165) is 58.5 Å². The quantitative estimate of drug-likeness (QED) is 0.759. The molecule has 5 nitrogen and oxygen atoms in total. The maximum atomic E-state index is 12.6.